The lowest BCUT2D eigenvalue weighted by atomic mass is 9.81. The number of hydrogen-bond acceptors (Lipinski definition) is 3. The van der Waals surface area contributed by atoms with Crippen LogP contribution in [0.2, 0.25) is 0 Å². The van der Waals surface area contributed by atoms with Gasteiger partial charge in [0.05, 0.1) is 6.61 Å². The van der Waals surface area contributed by atoms with Crippen molar-refractivity contribution in [1.29, 1.82) is 0 Å². The lowest BCUT2D eigenvalue weighted by Crippen LogP contribution is -2.75. The van der Waals surface area contributed by atoms with E-state index in [0.29, 0.717) is 38.3 Å². The molecule has 2 unspecified atom stereocenters. The molecule has 2 amide bonds. The van der Waals surface area contributed by atoms with Gasteiger partial charge in [-0.05, 0) is 32.6 Å². The Labute approximate surface area is 127 Å². The van der Waals surface area contributed by atoms with Crippen LogP contribution in [0.1, 0.15) is 53.4 Å². The molecule has 2 heterocycles. The number of nitrogens with zero attached hydrogens (tertiary/aromatic N) is 1. The summed E-state index contributed by atoms with van der Waals surface area (Å²) in [5.74, 6) is 0.396. The third kappa shape index (κ3) is 2.56. The average molecular weight is 296 g/mol. The first kappa shape index (κ1) is 16.3. The highest BCUT2D eigenvalue weighted by atomic mass is 16.5. The normalized spacial score (nSPS) is 32.4. The Hall–Kier alpha value is -1.10. The van der Waals surface area contributed by atoms with Gasteiger partial charge in [-0.25, -0.2) is 0 Å². The Bertz CT molecular complexity index is 414. The van der Waals surface area contributed by atoms with Crippen LogP contribution in [-0.2, 0) is 14.3 Å². The molecule has 5 heteroatoms. The maximum absolute atomic E-state index is 13.1. The summed E-state index contributed by atoms with van der Waals surface area (Å²) in [4.78, 5) is 27.6. The summed E-state index contributed by atoms with van der Waals surface area (Å²) < 4.78 is 5.43. The Balaban J connectivity index is 2.32. The van der Waals surface area contributed by atoms with E-state index in [4.69, 9.17) is 4.74 Å². The number of carbonyl (C=O) groups excluding carboxylic acids is 2. The molecule has 21 heavy (non-hydrogen) atoms. The smallest absolute Gasteiger partial charge is 0.249 e. The van der Waals surface area contributed by atoms with Crippen LogP contribution in [0.5, 0.6) is 0 Å². The molecule has 120 valence electrons. The Morgan fingerprint density at radius 3 is 2.38 bits per heavy atom. The number of carbonyl (C=O) groups is 2. The molecule has 0 bridgehead atoms. The van der Waals surface area contributed by atoms with Crippen molar-refractivity contribution in [3.63, 3.8) is 0 Å². The van der Waals surface area contributed by atoms with Crippen LogP contribution in [0.15, 0.2) is 0 Å². The summed E-state index contributed by atoms with van der Waals surface area (Å²) >= 11 is 0. The predicted molar refractivity (Wildman–Crippen MR) is 80.8 cm³/mol. The fourth-order valence-corrected chi connectivity index (χ4v) is 3.36. The third-order valence-electron chi connectivity index (χ3n) is 5.45. The molecule has 0 aliphatic carbocycles. The molecule has 0 spiro atoms. The van der Waals surface area contributed by atoms with E-state index in [1.807, 2.05) is 32.6 Å². The Kier molecular flexibility index (Phi) is 4.61. The molecule has 2 aliphatic heterocycles. The molecule has 0 saturated carbocycles. The molecule has 2 fully saturated rings. The molecular formula is C16H28N2O3. The van der Waals surface area contributed by atoms with E-state index >= 15 is 0 Å². The SMILES string of the molecule is CCC1(CC)NC(=O)C(C)(CC)N(CC2CCOC2)C1=O. The van der Waals surface area contributed by atoms with E-state index in [9.17, 15) is 9.59 Å². The average Bonchev–Trinajstić information content (AvgIpc) is 3.00. The fourth-order valence-electron chi connectivity index (χ4n) is 3.36. The van der Waals surface area contributed by atoms with Crippen LogP contribution in [0, 0.1) is 5.92 Å². The van der Waals surface area contributed by atoms with Gasteiger partial charge in [0.25, 0.3) is 0 Å². The maximum atomic E-state index is 13.1. The van der Waals surface area contributed by atoms with E-state index in [0.717, 1.165) is 13.0 Å². The molecular weight excluding hydrogens is 268 g/mol. The second kappa shape index (κ2) is 5.95. The first-order chi connectivity index (χ1) is 9.93. The second-order valence-electron chi connectivity index (χ2n) is 6.52. The van der Waals surface area contributed by atoms with Gasteiger partial charge >= 0.3 is 0 Å². The van der Waals surface area contributed by atoms with Crippen LogP contribution >= 0.6 is 0 Å². The van der Waals surface area contributed by atoms with Gasteiger partial charge in [0.2, 0.25) is 11.8 Å². The molecule has 0 aromatic carbocycles. The van der Waals surface area contributed by atoms with Gasteiger partial charge in [0.15, 0.2) is 0 Å². The van der Waals surface area contributed by atoms with Gasteiger partial charge in [-0.1, -0.05) is 20.8 Å². The van der Waals surface area contributed by atoms with Crippen molar-refractivity contribution < 1.29 is 14.3 Å². The number of rotatable bonds is 5. The molecule has 0 aromatic heterocycles. The number of amides is 2. The number of piperazine rings is 1. The van der Waals surface area contributed by atoms with E-state index in [1.165, 1.54) is 0 Å². The first-order valence-corrected chi connectivity index (χ1v) is 8.16. The van der Waals surface area contributed by atoms with E-state index < -0.39 is 11.1 Å². The van der Waals surface area contributed by atoms with Crippen molar-refractivity contribution in [3.05, 3.63) is 0 Å². The molecule has 2 saturated heterocycles. The topological polar surface area (TPSA) is 58.6 Å². The zero-order valence-electron chi connectivity index (χ0n) is 13.7. The summed E-state index contributed by atoms with van der Waals surface area (Å²) in [6, 6.07) is 0. The van der Waals surface area contributed by atoms with Crippen LogP contribution < -0.4 is 5.32 Å². The van der Waals surface area contributed by atoms with Crippen LogP contribution in [0.3, 0.4) is 0 Å². The Morgan fingerprint density at radius 1 is 1.24 bits per heavy atom. The molecule has 2 rings (SSSR count). The number of ether oxygens (including phenoxy) is 1. The standard InChI is InChI=1S/C16H28N2O3/c1-5-15(4)13(19)17-16(6-2,7-3)14(20)18(15)10-12-8-9-21-11-12/h12H,5-11H2,1-4H3,(H,17,19). The van der Waals surface area contributed by atoms with Gasteiger partial charge in [0, 0.05) is 19.1 Å². The van der Waals surface area contributed by atoms with Crippen molar-refractivity contribution in [1.82, 2.24) is 10.2 Å². The minimum Gasteiger partial charge on any atom is -0.381 e. The highest BCUT2D eigenvalue weighted by Gasteiger charge is 2.54. The van der Waals surface area contributed by atoms with Crippen LogP contribution in [0.25, 0.3) is 0 Å². The summed E-state index contributed by atoms with van der Waals surface area (Å²) in [5, 5.41) is 3.01. The van der Waals surface area contributed by atoms with Crippen molar-refractivity contribution in [2.45, 2.75) is 64.5 Å². The Morgan fingerprint density at radius 2 is 1.90 bits per heavy atom. The molecule has 2 atom stereocenters. The second-order valence-corrected chi connectivity index (χ2v) is 6.52. The van der Waals surface area contributed by atoms with Crippen molar-refractivity contribution in [2.75, 3.05) is 19.8 Å². The van der Waals surface area contributed by atoms with Crippen LogP contribution in [0.4, 0.5) is 0 Å². The van der Waals surface area contributed by atoms with Gasteiger partial charge in [0.1, 0.15) is 11.1 Å². The van der Waals surface area contributed by atoms with Gasteiger partial charge in [-0.3, -0.25) is 9.59 Å². The zero-order valence-corrected chi connectivity index (χ0v) is 13.7. The van der Waals surface area contributed by atoms with E-state index in [2.05, 4.69) is 5.32 Å². The quantitative estimate of drug-likeness (QED) is 0.840. The molecule has 5 nitrogen and oxygen atoms in total. The first-order valence-electron chi connectivity index (χ1n) is 8.16. The lowest BCUT2D eigenvalue weighted by Gasteiger charge is -2.51. The van der Waals surface area contributed by atoms with Crippen molar-refractivity contribution >= 4 is 11.8 Å². The minimum atomic E-state index is -0.743. The van der Waals surface area contributed by atoms with Crippen molar-refractivity contribution in [2.24, 2.45) is 5.92 Å². The zero-order chi connectivity index (χ0) is 15.7. The summed E-state index contributed by atoms with van der Waals surface area (Å²) in [6.45, 7) is 9.85. The molecule has 2 aliphatic rings. The number of nitrogens with one attached hydrogen (secondary N) is 1. The highest BCUT2D eigenvalue weighted by molar-refractivity contribution is 6.02. The third-order valence-corrected chi connectivity index (χ3v) is 5.45. The van der Waals surface area contributed by atoms with Gasteiger partial charge in [-0.15, -0.1) is 0 Å². The largest absolute Gasteiger partial charge is 0.381 e. The van der Waals surface area contributed by atoms with Crippen LogP contribution in [-0.4, -0.2) is 47.6 Å². The summed E-state index contributed by atoms with van der Waals surface area (Å²) in [7, 11) is 0. The molecule has 1 N–H and O–H groups in total. The summed E-state index contributed by atoms with van der Waals surface area (Å²) in [6.07, 6.45) is 2.86. The lowest BCUT2D eigenvalue weighted by molar-refractivity contribution is -0.164. The highest BCUT2D eigenvalue weighted by Crippen LogP contribution is 2.34. The number of hydrogen-bond donors (Lipinski definition) is 1. The van der Waals surface area contributed by atoms with Crippen molar-refractivity contribution in [3.8, 4) is 0 Å². The maximum Gasteiger partial charge on any atom is 0.249 e. The molecule has 0 aromatic rings. The van der Waals surface area contributed by atoms with E-state index in [-0.39, 0.29) is 11.8 Å². The minimum absolute atomic E-state index is 0.0211. The summed E-state index contributed by atoms with van der Waals surface area (Å²) in [5.41, 5.74) is -1.47. The monoisotopic (exact) mass is 296 g/mol. The molecule has 0 radical (unpaired) electrons. The fraction of sp³-hybridized carbons (Fsp3) is 0.875. The predicted octanol–water partition coefficient (Wildman–Crippen LogP) is 1.71. The van der Waals surface area contributed by atoms with Gasteiger partial charge in [-0.2, -0.15) is 0 Å². The van der Waals surface area contributed by atoms with Gasteiger partial charge < -0.3 is 15.0 Å². The van der Waals surface area contributed by atoms with E-state index in [1.54, 1.807) is 0 Å².